The fourth-order valence-electron chi connectivity index (χ4n) is 2.45. The number of hydrogen-bond acceptors (Lipinski definition) is 5. The molecule has 2 rings (SSSR count). The highest BCUT2D eigenvalue weighted by Crippen LogP contribution is 2.31. The maximum absolute atomic E-state index is 11.8. The molecule has 0 aliphatic carbocycles. The van der Waals surface area contributed by atoms with Crippen molar-refractivity contribution >= 4 is 6.03 Å². The maximum Gasteiger partial charge on any atom is 0.315 e. The van der Waals surface area contributed by atoms with Crippen LogP contribution in [0.3, 0.4) is 0 Å². The Kier molecular flexibility index (Phi) is 5.94. The van der Waals surface area contributed by atoms with Crippen molar-refractivity contribution in [1.29, 1.82) is 0 Å². The zero-order chi connectivity index (χ0) is 15.9. The molecule has 22 heavy (non-hydrogen) atoms. The minimum absolute atomic E-state index is 0.0255. The van der Waals surface area contributed by atoms with Crippen molar-refractivity contribution in [2.45, 2.75) is 57.8 Å². The predicted octanol–water partition coefficient (Wildman–Crippen LogP) is 2.25. The van der Waals surface area contributed by atoms with E-state index in [-0.39, 0.29) is 24.3 Å². The van der Waals surface area contributed by atoms with Crippen molar-refractivity contribution in [2.24, 2.45) is 0 Å². The number of nitrogens with zero attached hydrogens (tertiary/aromatic N) is 2. The molecule has 1 saturated heterocycles. The second kappa shape index (κ2) is 7.93. The van der Waals surface area contributed by atoms with E-state index in [0.717, 1.165) is 25.7 Å². The van der Waals surface area contributed by atoms with Crippen LogP contribution in [0.5, 0.6) is 0 Å². The molecule has 1 aromatic rings. The summed E-state index contributed by atoms with van der Waals surface area (Å²) in [6.45, 7) is 7.97. The summed E-state index contributed by atoms with van der Waals surface area (Å²) in [6.07, 6.45) is 4.94. The van der Waals surface area contributed by atoms with Gasteiger partial charge in [-0.1, -0.05) is 18.2 Å². The summed E-state index contributed by atoms with van der Waals surface area (Å²) >= 11 is 0. The molecule has 7 nitrogen and oxygen atoms in total. The van der Waals surface area contributed by atoms with E-state index in [1.165, 1.54) is 0 Å². The molecule has 0 spiro atoms. The summed E-state index contributed by atoms with van der Waals surface area (Å²) in [7, 11) is 0. The van der Waals surface area contributed by atoms with E-state index in [4.69, 9.17) is 9.26 Å². The minimum Gasteiger partial charge on any atom is -0.363 e. The number of aryl methyl sites for hydroxylation is 1. The molecular formula is C15H24N4O3. The van der Waals surface area contributed by atoms with Crippen molar-refractivity contribution in [3.63, 3.8) is 0 Å². The first-order valence-corrected chi connectivity index (χ1v) is 7.73. The van der Waals surface area contributed by atoms with Gasteiger partial charge in [0.1, 0.15) is 6.10 Å². The van der Waals surface area contributed by atoms with Crippen molar-refractivity contribution in [1.82, 2.24) is 20.8 Å². The third-order valence-corrected chi connectivity index (χ3v) is 3.70. The topological polar surface area (TPSA) is 89.3 Å². The van der Waals surface area contributed by atoms with Crippen molar-refractivity contribution in [3.05, 3.63) is 24.4 Å². The summed E-state index contributed by atoms with van der Waals surface area (Å²) in [5.41, 5.74) is 0. The lowest BCUT2D eigenvalue weighted by Crippen LogP contribution is -2.44. The quantitative estimate of drug-likeness (QED) is 0.754. The minimum atomic E-state index is -0.172. The van der Waals surface area contributed by atoms with Gasteiger partial charge in [0.05, 0.1) is 6.10 Å². The summed E-state index contributed by atoms with van der Waals surface area (Å²) in [5.74, 6) is 1.12. The van der Waals surface area contributed by atoms with Gasteiger partial charge in [0.15, 0.2) is 5.82 Å². The lowest BCUT2D eigenvalue weighted by molar-refractivity contribution is 0.0277. The van der Waals surface area contributed by atoms with E-state index >= 15 is 0 Å². The highest BCUT2D eigenvalue weighted by Gasteiger charge is 2.30. The lowest BCUT2D eigenvalue weighted by atomic mass is 10.1. The Bertz CT molecular complexity index is 503. The fourth-order valence-corrected chi connectivity index (χ4v) is 2.45. The third-order valence-electron chi connectivity index (χ3n) is 3.70. The molecule has 7 heteroatoms. The van der Waals surface area contributed by atoms with E-state index < -0.39 is 0 Å². The maximum atomic E-state index is 11.8. The number of carbonyl (C=O) groups is 1. The summed E-state index contributed by atoms with van der Waals surface area (Å²) in [5, 5.41) is 9.54. The van der Waals surface area contributed by atoms with Crippen LogP contribution in [-0.4, -0.2) is 34.9 Å². The molecule has 2 amide bonds. The molecule has 1 fully saturated rings. The van der Waals surface area contributed by atoms with Crippen LogP contribution in [0.4, 0.5) is 4.79 Å². The van der Waals surface area contributed by atoms with Gasteiger partial charge in [0, 0.05) is 12.6 Å². The van der Waals surface area contributed by atoms with Crippen molar-refractivity contribution < 1.29 is 14.1 Å². The largest absolute Gasteiger partial charge is 0.363 e. The SMILES string of the molecule is C=CCC(CC)NC(=O)NC[C@H]1CC[C@@H](c2nc(C)no2)O1. The van der Waals surface area contributed by atoms with Crippen molar-refractivity contribution in [3.8, 4) is 0 Å². The van der Waals surface area contributed by atoms with Gasteiger partial charge in [-0.2, -0.15) is 4.98 Å². The summed E-state index contributed by atoms with van der Waals surface area (Å²) < 4.78 is 11.0. The van der Waals surface area contributed by atoms with E-state index in [9.17, 15) is 4.79 Å². The highest BCUT2D eigenvalue weighted by atomic mass is 16.5. The van der Waals surface area contributed by atoms with Crippen LogP contribution >= 0.6 is 0 Å². The molecule has 122 valence electrons. The van der Waals surface area contributed by atoms with Crippen molar-refractivity contribution in [2.75, 3.05) is 6.54 Å². The Morgan fingerprint density at radius 2 is 2.36 bits per heavy atom. The van der Waals surface area contributed by atoms with Crippen LogP contribution in [0.25, 0.3) is 0 Å². The smallest absolute Gasteiger partial charge is 0.315 e. The lowest BCUT2D eigenvalue weighted by Gasteiger charge is -2.17. The van der Waals surface area contributed by atoms with E-state index in [2.05, 4.69) is 27.4 Å². The van der Waals surface area contributed by atoms with Gasteiger partial charge in [0.2, 0.25) is 0 Å². The number of aromatic nitrogens is 2. The standard InChI is InChI=1S/C15H24N4O3/c1-4-6-11(5-2)18-15(20)16-9-12-7-8-13(21-12)14-17-10(3)19-22-14/h4,11-13H,1,5-9H2,2-3H3,(H2,16,18,20)/t11?,12-,13+/m1/s1. The number of ether oxygens (including phenoxy) is 1. The summed E-state index contributed by atoms with van der Waals surface area (Å²) in [4.78, 5) is 16.0. The van der Waals surface area contributed by atoms with Crippen LogP contribution in [-0.2, 0) is 4.74 Å². The third kappa shape index (κ3) is 4.56. The Labute approximate surface area is 130 Å². The second-order valence-electron chi connectivity index (χ2n) is 5.49. The number of nitrogens with one attached hydrogen (secondary N) is 2. The molecule has 0 saturated carbocycles. The van der Waals surface area contributed by atoms with Crippen LogP contribution in [0.1, 0.15) is 50.4 Å². The van der Waals surface area contributed by atoms with Gasteiger partial charge in [0.25, 0.3) is 5.89 Å². The number of hydrogen-bond donors (Lipinski definition) is 2. The molecule has 2 heterocycles. The first-order chi connectivity index (χ1) is 10.6. The number of rotatable bonds is 7. The Balaban J connectivity index is 1.71. The Morgan fingerprint density at radius 3 is 3.00 bits per heavy atom. The molecule has 2 N–H and O–H groups in total. The van der Waals surface area contributed by atoms with Crippen LogP contribution in [0.2, 0.25) is 0 Å². The second-order valence-corrected chi connectivity index (χ2v) is 5.49. The normalized spacial score (nSPS) is 22.3. The average Bonchev–Trinajstić information content (AvgIpc) is 3.13. The molecule has 1 unspecified atom stereocenters. The predicted molar refractivity (Wildman–Crippen MR) is 81.3 cm³/mol. The van der Waals surface area contributed by atoms with Gasteiger partial charge in [-0.15, -0.1) is 6.58 Å². The molecule has 1 aliphatic rings. The Hall–Kier alpha value is -1.89. The summed E-state index contributed by atoms with van der Waals surface area (Å²) in [6, 6.07) is -0.0505. The van der Waals surface area contributed by atoms with E-state index in [1.54, 1.807) is 6.92 Å². The molecule has 0 aromatic carbocycles. The molecule has 0 bridgehead atoms. The zero-order valence-electron chi connectivity index (χ0n) is 13.2. The molecule has 1 aromatic heterocycles. The van der Waals surface area contributed by atoms with Gasteiger partial charge in [-0.25, -0.2) is 4.79 Å². The molecule has 3 atom stereocenters. The Morgan fingerprint density at radius 1 is 1.55 bits per heavy atom. The van der Waals surface area contributed by atoms with Gasteiger partial charge in [-0.05, 0) is 32.6 Å². The van der Waals surface area contributed by atoms with E-state index in [0.29, 0.717) is 18.3 Å². The fraction of sp³-hybridized carbons (Fsp3) is 0.667. The average molecular weight is 308 g/mol. The first kappa shape index (κ1) is 16.5. The number of urea groups is 1. The highest BCUT2D eigenvalue weighted by molar-refractivity contribution is 5.74. The first-order valence-electron chi connectivity index (χ1n) is 7.73. The van der Waals surface area contributed by atoms with Gasteiger partial charge in [-0.3, -0.25) is 0 Å². The molecule has 1 aliphatic heterocycles. The van der Waals surface area contributed by atoms with Crippen LogP contribution < -0.4 is 10.6 Å². The van der Waals surface area contributed by atoms with Gasteiger partial charge >= 0.3 is 6.03 Å². The molecular weight excluding hydrogens is 284 g/mol. The van der Waals surface area contributed by atoms with Crippen LogP contribution in [0, 0.1) is 6.92 Å². The zero-order valence-corrected chi connectivity index (χ0v) is 13.2. The van der Waals surface area contributed by atoms with E-state index in [1.807, 2.05) is 13.0 Å². The van der Waals surface area contributed by atoms with Gasteiger partial charge < -0.3 is 19.9 Å². The molecule has 0 radical (unpaired) electrons. The number of amides is 2. The number of carbonyl (C=O) groups excluding carboxylic acids is 1. The van der Waals surface area contributed by atoms with Crippen LogP contribution in [0.15, 0.2) is 17.2 Å². The monoisotopic (exact) mass is 308 g/mol.